The van der Waals surface area contributed by atoms with E-state index in [1.807, 2.05) is 47.0 Å². The van der Waals surface area contributed by atoms with Crippen LogP contribution in [0.2, 0.25) is 0 Å². The van der Waals surface area contributed by atoms with E-state index in [9.17, 15) is 9.59 Å². The second-order valence-corrected chi connectivity index (χ2v) is 7.69. The summed E-state index contributed by atoms with van der Waals surface area (Å²) in [6.07, 6.45) is 1.36. The Bertz CT molecular complexity index is 567. The molecule has 2 amide bonds. The van der Waals surface area contributed by atoms with Crippen molar-refractivity contribution in [2.24, 2.45) is 11.7 Å². The topological polar surface area (TPSA) is 66.6 Å². The molecule has 130 valence electrons. The minimum Gasteiger partial charge on any atom is -0.369 e. The first-order chi connectivity index (χ1) is 11.7. The fourth-order valence-corrected chi connectivity index (χ4v) is 4.47. The van der Waals surface area contributed by atoms with Gasteiger partial charge in [-0.1, -0.05) is 30.3 Å². The van der Waals surface area contributed by atoms with Crippen molar-refractivity contribution in [3.63, 3.8) is 0 Å². The molecule has 0 unspecified atom stereocenters. The van der Waals surface area contributed by atoms with E-state index in [-0.39, 0.29) is 23.8 Å². The average Bonchev–Trinajstić information content (AvgIpc) is 2.64. The summed E-state index contributed by atoms with van der Waals surface area (Å²) in [7, 11) is 0. The number of piperidine rings is 1. The number of amides is 2. The molecule has 6 heteroatoms. The van der Waals surface area contributed by atoms with E-state index in [0.717, 1.165) is 30.2 Å². The molecule has 5 nitrogen and oxygen atoms in total. The number of hydrogen-bond donors (Lipinski definition) is 1. The number of carbonyl (C=O) groups excluding carboxylic acids is 2. The zero-order valence-electron chi connectivity index (χ0n) is 13.9. The molecule has 0 bridgehead atoms. The van der Waals surface area contributed by atoms with Gasteiger partial charge in [-0.15, -0.1) is 0 Å². The van der Waals surface area contributed by atoms with Crippen molar-refractivity contribution in [3.05, 3.63) is 35.9 Å². The predicted molar refractivity (Wildman–Crippen MR) is 96.6 cm³/mol. The highest BCUT2D eigenvalue weighted by Crippen LogP contribution is 2.28. The van der Waals surface area contributed by atoms with Crippen LogP contribution in [-0.4, -0.2) is 59.3 Å². The van der Waals surface area contributed by atoms with Gasteiger partial charge in [0.1, 0.15) is 6.04 Å². The first-order valence-corrected chi connectivity index (χ1v) is 9.77. The molecule has 24 heavy (non-hydrogen) atoms. The molecule has 0 aliphatic carbocycles. The minimum absolute atomic E-state index is 0.0874. The minimum atomic E-state index is -0.241. The van der Waals surface area contributed by atoms with Crippen molar-refractivity contribution in [2.75, 3.05) is 37.7 Å². The summed E-state index contributed by atoms with van der Waals surface area (Å²) in [5.74, 6) is 1.97. The lowest BCUT2D eigenvalue weighted by Crippen LogP contribution is -2.49. The molecule has 2 saturated heterocycles. The Morgan fingerprint density at radius 2 is 1.67 bits per heavy atom. The average molecular weight is 347 g/mol. The van der Waals surface area contributed by atoms with Gasteiger partial charge in [-0.3, -0.25) is 14.5 Å². The molecule has 2 N–H and O–H groups in total. The number of benzene rings is 1. The Balaban J connectivity index is 1.75. The molecular formula is C18H25N3O2S. The fourth-order valence-electron chi connectivity index (χ4n) is 3.54. The zero-order chi connectivity index (χ0) is 16.9. The summed E-state index contributed by atoms with van der Waals surface area (Å²) in [5, 5.41) is 0. The van der Waals surface area contributed by atoms with E-state index >= 15 is 0 Å². The van der Waals surface area contributed by atoms with Gasteiger partial charge < -0.3 is 10.6 Å². The normalized spacial score (nSPS) is 21.4. The molecule has 2 fully saturated rings. The molecule has 0 spiro atoms. The van der Waals surface area contributed by atoms with Crippen LogP contribution in [0.3, 0.4) is 0 Å². The zero-order valence-corrected chi connectivity index (χ0v) is 14.7. The summed E-state index contributed by atoms with van der Waals surface area (Å²) in [6.45, 7) is 3.12. The van der Waals surface area contributed by atoms with E-state index < -0.39 is 0 Å². The monoisotopic (exact) mass is 347 g/mol. The number of nitrogens with two attached hydrogens (primary N) is 1. The van der Waals surface area contributed by atoms with Crippen LogP contribution in [0, 0.1) is 5.92 Å². The van der Waals surface area contributed by atoms with Crippen molar-refractivity contribution >= 4 is 23.6 Å². The van der Waals surface area contributed by atoms with Gasteiger partial charge in [0.25, 0.3) is 0 Å². The molecule has 1 aromatic rings. The van der Waals surface area contributed by atoms with Gasteiger partial charge >= 0.3 is 0 Å². The van der Waals surface area contributed by atoms with Gasteiger partial charge in [0.15, 0.2) is 0 Å². The van der Waals surface area contributed by atoms with E-state index in [1.165, 1.54) is 0 Å². The summed E-state index contributed by atoms with van der Waals surface area (Å²) >= 11 is 1.94. The predicted octanol–water partition coefficient (Wildman–Crippen LogP) is 1.50. The Kier molecular flexibility index (Phi) is 5.79. The van der Waals surface area contributed by atoms with Crippen LogP contribution in [-0.2, 0) is 9.59 Å². The largest absolute Gasteiger partial charge is 0.369 e. The number of likely N-dealkylation sites (tertiary alicyclic amines) is 1. The molecule has 0 saturated carbocycles. The van der Waals surface area contributed by atoms with Crippen LogP contribution in [0.25, 0.3) is 0 Å². The Morgan fingerprint density at radius 1 is 1.04 bits per heavy atom. The summed E-state index contributed by atoms with van der Waals surface area (Å²) < 4.78 is 0. The summed E-state index contributed by atoms with van der Waals surface area (Å²) in [4.78, 5) is 28.8. The van der Waals surface area contributed by atoms with Crippen LogP contribution in [0.1, 0.15) is 24.4 Å². The van der Waals surface area contributed by atoms with E-state index in [2.05, 4.69) is 4.90 Å². The maximum Gasteiger partial charge on any atom is 0.244 e. The van der Waals surface area contributed by atoms with Crippen LogP contribution in [0.5, 0.6) is 0 Å². The fraction of sp³-hybridized carbons (Fsp3) is 0.556. The van der Waals surface area contributed by atoms with Crippen LogP contribution in [0.15, 0.2) is 30.3 Å². The number of nitrogens with zero attached hydrogens (tertiary/aromatic N) is 2. The van der Waals surface area contributed by atoms with Gasteiger partial charge in [-0.05, 0) is 18.4 Å². The van der Waals surface area contributed by atoms with Crippen LogP contribution < -0.4 is 5.73 Å². The van der Waals surface area contributed by atoms with E-state index in [0.29, 0.717) is 25.9 Å². The molecule has 1 atom stereocenters. The van der Waals surface area contributed by atoms with Crippen molar-refractivity contribution in [1.29, 1.82) is 0 Å². The maximum absolute atomic E-state index is 13.2. The lowest BCUT2D eigenvalue weighted by molar-refractivity contribution is -0.140. The SMILES string of the molecule is NC(=O)C1CCN(C(=O)[C@@H](c2ccccc2)N2CCSCC2)CC1. The first kappa shape index (κ1) is 17.3. The van der Waals surface area contributed by atoms with Crippen molar-refractivity contribution in [1.82, 2.24) is 9.80 Å². The van der Waals surface area contributed by atoms with Gasteiger partial charge in [0, 0.05) is 43.6 Å². The van der Waals surface area contributed by atoms with Gasteiger partial charge in [0.05, 0.1) is 0 Å². The first-order valence-electron chi connectivity index (χ1n) is 8.61. The molecule has 3 rings (SSSR count). The number of carbonyl (C=O) groups is 2. The number of hydrogen-bond acceptors (Lipinski definition) is 4. The Labute approximate surface area is 147 Å². The molecule has 2 heterocycles. The van der Waals surface area contributed by atoms with Crippen LogP contribution >= 0.6 is 11.8 Å². The number of rotatable bonds is 4. The second kappa shape index (κ2) is 8.03. The lowest BCUT2D eigenvalue weighted by Gasteiger charge is -2.39. The van der Waals surface area contributed by atoms with Crippen molar-refractivity contribution < 1.29 is 9.59 Å². The molecule has 2 aliphatic heterocycles. The molecule has 1 aromatic carbocycles. The van der Waals surface area contributed by atoms with Crippen LogP contribution in [0.4, 0.5) is 0 Å². The third-order valence-corrected chi connectivity index (χ3v) is 5.91. The highest BCUT2D eigenvalue weighted by molar-refractivity contribution is 7.99. The Hall–Kier alpha value is -1.53. The van der Waals surface area contributed by atoms with E-state index in [4.69, 9.17) is 5.73 Å². The third kappa shape index (κ3) is 3.92. The summed E-state index contributed by atoms with van der Waals surface area (Å²) in [5.41, 5.74) is 6.47. The second-order valence-electron chi connectivity index (χ2n) is 6.46. The highest BCUT2D eigenvalue weighted by atomic mass is 32.2. The summed E-state index contributed by atoms with van der Waals surface area (Å²) in [6, 6.07) is 9.84. The third-order valence-electron chi connectivity index (χ3n) is 4.97. The molecular weight excluding hydrogens is 322 g/mol. The van der Waals surface area contributed by atoms with Gasteiger partial charge in [-0.2, -0.15) is 11.8 Å². The number of thioether (sulfide) groups is 1. The molecule has 2 aliphatic rings. The molecule has 0 radical (unpaired) electrons. The lowest BCUT2D eigenvalue weighted by atomic mass is 9.95. The van der Waals surface area contributed by atoms with Gasteiger partial charge in [0.2, 0.25) is 11.8 Å². The quantitative estimate of drug-likeness (QED) is 0.896. The highest BCUT2D eigenvalue weighted by Gasteiger charge is 2.34. The maximum atomic E-state index is 13.2. The Morgan fingerprint density at radius 3 is 2.25 bits per heavy atom. The van der Waals surface area contributed by atoms with Gasteiger partial charge in [-0.25, -0.2) is 0 Å². The van der Waals surface area contributed by atoms with Crippen molar-refractivity contribution in [2.45, 2.75) is 18.9 Å². The standard InChI is InChI=1S/C18H25N3O2S/c19-17(22)15-6-8-21(9-7-15)18(23)16(14-4-2-1-3-5-14)20-10-12-24-13-11-20/h1-5,15-16H,6-13H2,(H2,19,22)/t16-/m1/s1. The molecule has 0 aromatic heterocycles. The number of primary amides is 1. The van der Waals surface area contributed by atoms with Crippen molar-refractivity contribution in [3.8, 4) is 0 Å². The van der Waals surface area contributed by atoms with E-state index in [1.54, 1.807) is 0 Å². The smallest absolute Gasteiger partial charge is 0.244 e.